The van der Waals surface area contributed by atoms with Gasteiger partial charge in [0.15, 0.2) is 5.78 Å². The third-order valence-electron chi connectivity index (χ3n) is 3.45. The van der Waals surface area contributed by atoms with Crippen LogP contribution in [0.15, 0.2) is 24.5 Å². The molecule has 0 saturated heterocycles. The first kappa shape index (κ1) is 13.5. The first-order chi connectivity index (χ1) is 10.1. The zero-order chi connectivity index (χ0) is 15.0. The Labute approximate surface area is 121 Å². The molecule has 6 nitrogen and oxygen atoms in total. The second kappa shape index (κ2) is 5.14. The molecule has 0 radical (unpaired) electrons. The topological polar surface area (TPSA) is 90.9 Å². The van der Waals surface area contributed by atoms with Gasteiger partial charge in [-0.1, -0.05) is 0 Å². The number of aliphatic hydroxyl groups is 1. The SMILES string of the molecule is CC(=O)c1ccc2[nH]c3ncnc(NC(C)CO)c3c2c1. The number of hydrogen-bond acceptors (Lipinski definition) is 5. The second-order valence-electron chi connectivity index (χ2n) is 5.12. The van der Waals surface area contributed by atoms with Crippen molar-refractivity contribution in [2.75, 3.05) is 11.9 Å². The summed E-state index contributed by atoms with van der Waals surface area (Å²) in [7, 11) is 0. The van der Waals surface area contributed by atoms with Crippen molar-refractivity contribution < 1.29 is 9.90 Å². The summed E-state index contributed by atoms with van der Waals surface area (Å²) < 4.78 is 0. The number of H-pyrrole nitrogens is 1. The lowest BCUT2D eigenvalue weighted by molar-refractivity contribution is 0.101. The van der Waals surface area contributed by atoms with Gasteiger partial charge in [-0.15, -0.1) is 0 Å². The van der Waals surface area contributed by atoms with Crippen molar-refractivity contribution in [1.29, 1.82) is 0 Å². The molecular weight excluding hydrogens is 268 g/mol. The number of nitrogens with zero attached hydrogens (tertiary/aromatic N) is 2. The number of Topliss-reactive ketones (excluding diaryl/α,β-unsaturated/α-hetero) is 1. The number of benzene rings is 1. The van der Waals surface area contributed by atoms with Crippen LogP contribution in [0.25, 0.3) is 21.9 Å². The monoisotopic (exact) mass is 284 g/mol. The molecule has 2 heterocycles. The van der Waals surface area contributed by atoms with E-state index in [9.17, 15) is 9.90 Å². The molecule has 1 atom stereocenters. The van der Waals surface area contributed by atoms with E-state index >= 15 is 0 Å². The van der Waals surface area contributed by atoms with E-state index in [1.54, 1.807) is 13.0 Å². The van der Waals surface area contributed by atoms with Gasteiger partial charge >= 0.3 is 0 Å². The number of rotatable bonds is 4. The van der Waals surface area contributed by atoms with Gasteiger partial charge in [0, 0.05) is 22.5 Å². The quantitative estimate of drug-likeness (QED) is 0.638. The van der Waals surface area contributed by atoms with Crippen molar-refractivity contribution in [3.05, 3.63) is 30.1 Å². The Morgan fingerprint density at radius 3 is 2.95 bits per heavy atom. The van der Waals surface area contributed by atoms with Gasteiger partial charge in [-0.2, -0.15) is 0 Å². The van der Waals surface area contributed by atoms with Crippen molar-refractivity contribution in [3.8, 4) is 0 Å². The molecule has 108 valence electrons. The van der Waals surface area contributed by atoms with Gasteiger partial charge < -0.3 is 15.4 Å². The van der Waals surface area contributed by atoms with Gasteiger partial charge in [-0.3, -0.25) is 4.79 Å². The number of carbonyl (C=O) groups excluding carboxylic acids is 1. The van der Waals surface area contributed by atoms with Gasteiger partial charge in [-0.25, -0.2) is 9.97 Å². The van der Waals surface area contributed by atoms with E-state index in [1.165, 1.54) is 6.33 Å². The fourth-order valence-electron chi connectivity index (χ4n) is 2.33. The van der Waals surface area contributed by atoms with E-state index in [-0.39, 0.29) is 18.4 Å². The predicted molar refractivity (Wildman–Crippen MR) is 81.6 cm³/mol. The molecule has 0 fully saturated rings. The minimum atomic E-state index is -0.121. The van der Waals surface area contributed by atoms with E-state index in [0.29, 0.717) is 17.0 Å². The van der Waals surface area contributed by atoms with Crippen LogP contribution >= 0.6 is 0 Å². The maximum absolute atomic E-state index is 11.6. The Morgan fingerprint density at radius 2 is 2.24 bits per heavy atom. The first-order valence-corrected chi connectivity index (χ1v) is 6.75. The van der Waals surface area contributed by atoms with Crippen LogP contribution in [0.1, 0.15) is 24.2 Å². The molecule has 0 bridgehead atoms. The van der Waals surface area contributed by atoms with Crippen LogP contribution < -0.4 is 5.32 Å². The Kier molecular flexibility index (Phi) is 3.31. The third-order valence-corrected chi connectivity index (χ3v) is 3.45. The lowest BCUT2D eigenvalue weighted by Gasteiger charge is -2.12. The van der Waals surface area contributed by atoms with Crippen LogP contribution in [0.2, 0.25) is 0 Å². The number of aromatic nitrogens is 3. The maximum atomic E-state index is 11.6. The number of aromatic amines is 1. The van der Waals surface area contributed by atoms with Crippen LogP contribution in [0.5, 0.6) is 0 Å². The number of ketones is 1. The molecule has 3 N–H and O–H groups in total. The zero-order valence-electron chi connectivity index (χ0n) is 11.8. The van der Waals surface area contributed by atoms with E-state index < -0.39 is 0 Å². The Hall–Kier alpha value is -2.47. The standard InChI is InChI=1S/C15H16N4O2/c1-8(6-20)18-14-13-11-5-10(9(2)21)3-4-12(11)19-15(13)17-7-16-14/h3-5,7-8,20H,6H2,1-2H3,(H2,16,17,18,19). The van der Waals surface area contributed by atoms with Crippen molar-refractivity contribution >= 4 is 33.5 Å². The number of nitrogens with one attached hydrogen (secondary N) is 2. The van der Waals surface area contributed by atoms with Gasteiger partial charge in [0.05, 0.1) is 12.0 Å². The van der Waals surface area contributed by atoms with Crippen LogP contribution in [0.4, 0.5) is 5.82 Å². The van der Waals surface area contributed by atoms with Crippen LogP contribution in [0, 0.1) is 0 Å². The molecule has 1 unspecified atom stereocenters. The second-order valence-corrected chi connectivity index (χ2v) is 5.12. The highest BCUT2D eigenvalue weighted by atomic mass is 16.3. The molecule has 3 aromatic rings. The Bertz CT molecular complexity index is 825. The Balaban J connectivity index is 2.26. The number of aliphatic hydroxyl groups excluding tert-OH is 1. The predicted octanol–water partition coefficient (Wildman–Crippen LogP) is 2.11. The number of fused-ring (bicyclic) bond motifs is 3. The minimum absolute atomic E-state index is 0.00650. The molecular formula is C15H16N4O2. The summed E-state index contributed by atoms with van der Waals surface area (Å²) in [5.74, 6) is 0.662. The van der Waals surface area contributed by atoms with Crippen molar-refractivity contribution in [3.63, 3.8) is 0 Å². The molecule has 0 aliphatic rings. The molecule has 0 aliphatic heterocycles. The van der Waals surface area contributed by atoms with Crippen LogP contribution in [-0.2, 0) is 0 Å². The van der Waals surface area contributed by atoms with Crippen molar-refractivity contribution in [1.82, 2.24) is 15.0 Å². The van der Waals surface area contributed by atoms with E-state index in [2.05, 4.69) is 20.3 Å². The highest BCUT2D eigenvalue weighted by Gasteiger charge is 2.13. The number of carbonyl (C=O) groups is 1. The molecule has 2 aromatic heterocycles. The molecule has 3 rings (SSSR count). The molecule has 0 aliphatic carbocycles. The molecule has 0 amide bonds. The first-order valence-electron chi connectivity index (χ1n) is 6.75. The van der Waals surface area contributed by atoms with Crippen molar-refractivity contribution in [2.45, 2.75) is 19.9 Å². The van der Waals surface area contributed by atoms with E-state index in [0.717, 1.165) is 16.3 Å². The van der Waals surface area contributed by atoms with Gasteiger partial charge in [0.2, 0.25) is 0 Å². The average molecular weight is 284 g/mol. The largest absolute Gasteiger partial charge is 0.394 e. The summed E-state index contributed by atoms with van der Waals surface area (Å²) in [5, 5.41) is 14.1. The molecule has 0 saturated carbocycles. The minimum Gasteiger partial charge on any atom is -0.394 e. The molecule has 21 heavy (non-hydrogen) atoms. The van der Waals surface area contributed by atoms with Gasteiger partial charge in [0.25, 0.3) is 0 Å². The summed E-state index contributed by atoms with van der Waals surface area (Å²) in [5.41, 5.74) is 2.25. The summed E-state index contributed by atoms with van der Waals surface area (Å²) in [4.78, 5) is 23.3. The van der Waals surface area contributed by atoms with Gasteiger partial charge in [-0.05, 0) is 32.0 Å². The van der Waals surface area contributed by atoms with E-state index in [1.807, 2.05) is 19.1 Å². The van der Waals surface area contributed by atoms with Crippen LogP contribution in [0.3, 0.4) is 0 Å². The molecule has 1 aromatic carbocycles. The highest BCUT2D eigenvalue weighted by Crippen LogP contribution is 2.30. The lowest BCUT2D eigenvalue weighted by Crippen LogP contribution is -2.20. The number of anilines is 1. The van der Waals surface area contributed by atoms with E-state index in [4.69, 9.17) is 0 Å². The van der Waals surface area contributed by atoms with Crippen LogP contribution in [-0.4, -0.2) is 38.5 Å². The summed E-state index contributed by atoms with van der Waals surface area (Å²) in [6, 6.07) is 5.38. The van der Waals surface area contributed by atoms with Gasteiger partial charge in [0.1, 0.15) is 17.8 Å². The summed E-state index contributed by atoms with van der Waals surface area (Å²) in [6.45, 7) is 3.41. The average Bonchev–Trinajstić information content (AvgIpc) is 2.85. The molecule has 0 spiro atoms. The lowest BCUT2D eigenvalue weighted by atomic mass is 10.1. The fourth-order valence-corrected chi connectivity index (χ4v) is 2.33. The number of hydrogen-bond donors (Lipinski definition) is 3. The normalized spacial score (nSPS) is 12.7. The third kappa shape index (κ3) is 2.34. The van der Waals surface area contributed by atoms with Crippen molar-refractivity contribution in [2.24, 2.45) is 0 Å². The smallest absolute Gasteiger partial charge is 0.159 e. The Morgan fingerprint density at radius 1 is 1.43 bits per heavy atom. The maximum Gasteiger partial charge on any atom is 0.159 e. The highest BCUT2D eigenvalue weighted by molar-refractivity contribution is 6.13. The summed E-state index contributed by atoms with van der Waals surface area (Å²) in [6.07, 6.45) is 1.47. The molecule has 6 heteroatoms. The zero-order valence-corrected chi connectivity index (χ0v) is 11.8. The summed E-state index contributed by atoms with van der Waals surface area (Å²) >= 11 is 0. The fraction of sp³-hybridized carbons (Fsp3) is 0.267.